The van der Waals surface area contributed by atoms with Crippen LogP contribution in [0.5, 0.6) is 5.75 Å². The molecule has 0 saturated heterocycles. The van der Waals surface area contributed by atoms with Crippen molar-refractivity contribution in [1.29, 1.82) is 0 Å². The summed E-state index contributed by atoms with van der Waals surface area (Å²) in [5, 5.41) is 3.73. The van der Waals surface area contributed by atoms with Crippen molar-refractivity contribution in [3.63, 3.8) is 0 Å². The molecule has 0 radical (unpaired) electrons. The van der Waals surface area contributed by atoms with Crippen LogP contribution in [0.2, 0.25) is 0 Å². The summed E-state index contributed by atoms with van der Waals surface area (Å²) in [5.74, 6) is 5.75. The standard InChI is InChI=1S/C15H19N3O3/c1-2-3-4-8-20-11-6-5-7-12-14(11)10(19)9-13(21-12)15(16)18-17/h5-7,9H,2-4,8,17H2,1H3,(H2,16,18). The molecule has 21 heavy (non-hydrogen) atoms. The second kappa shape index (κ2) is 6.78. The van der Waals surface area contributed by atoms with Gasteiger partial charge in [-0.25, -0.2) is 0 Å². The van der Waals surface area contributed by atoms with Crippen LogP contribution >= 0.6 is 0 Å². The monoisotopic (exact) mass is 289 g/mol. The predicted octanol–water partition coefficient (Wildman–Crippen LogP) is 1.94. The fourth-order valence-corrected chi connectivity index (χ4v) is 2.02. The van der Waals surface area contributed by atoms with E-state index in [-0.39, 0.29) is 17.0 Å². The first-order chi connectivity index (χ1) is 10.2. The third kappa shape index (κ3) is 3.34. The first-order valence-electron chi connectivity index (χ1n) is 6.90. The number of hydrazone groups is 1. The largest absolute Gasteiger partial charge is 0.493 e. The quantitative estimate of drug-likeness (QED) is 0.278. The second-order valence-electron chi connectivity index (χ2n) is 4.67. The normalized spacial score (nSPS) is 11.8. The Hall–Kier alpha value is -2.50. The summed E-state index contributed by atoms with van der Waals surface area (Å²) >= 11 is 0. The molecule has 1 aromatic heterocycles. The maximum atomic E-state index is 12.2. The molecule has 0 unspecified atom stereocenters. The van der Waals surface area contributed by atoms with Crippen LogP contribution in [0, 0.1) is 0 Å². The summed E-state index contributed by atoms with van der Waals surface area (Å²) in [5.41, 5.74) is 5.73. The molecular formula is C15H19N3O3. The Kier molecular flexibility index (Phi) is 4.81. The molecule has 112 valence electrons. The molecule has 0 aliphatic carbocycles. The molecule has 2 aromatic rings. The zero-order chi connectivity index (χ0) is 15.2. The summed E-state index contributed by atoms with van der Waals surface area (Å²) in [6.45, 7) is 2.69. The average molecular weight is 289 g/mol. The topological polar surface area (TPSA) is 104 Å². The van der Waals surface area contributed by atoms with E-state index in [0.29, 0.717) is 23.3 Å². The van der Waals surface area contributed by atoms with E-state index in [9.17, 15) is 4.79 Å². The molecule has 1 heterocycles. The molecule has 2 rings (SSSR count). The Labute approximate surface area is 122 Å². The van der Waals surface area contributed by atoms with Crippen molar-refractivity contribution in [3.05, 3.63) is 40.2 Å². The number of ether oxygens (including phenoxy) is 1. The first-order valence-corrected chi connectivity index (χ1v) is 6.90. The van der Waals surface area contributed by atoms with Gasteiger partial charge in [-0.2, -0.15) is 5.10 Å². The lowest BCUT2D eigenvalue weighted by Gasteiger charge is -2.09. The van der Waals surface area contributed by atoms with Crippen LogP contribution in [0.3, 0.4) is 0 Å². The predicted molar refractivity (Wildman–Crippen MR) is 82.4 cm³/mol. The molecule has 0 atom stereocenters. The molecule has 0 spiro atoms. The Bertz CT molecular complexity index is 707. The number of rotatable bonds is 6. The maximum Gasteiger partial charge on any atom is 0.197 e. The molecule has 6 heteroatoms. The van der Waals surface area contributed by atoms with Gasteiger partial charge in [0.1, 0.15) is 16.7 Å². The highest BCUT2D eigenvalue weighted by Gasteiger charge is 2.12. The molecule has 4 N–H and O–H groups in total. The lowest BCUT2D eigenvalue weighted by Crippen LogP contribution is -2.18. The average Bonchev–Trinajstić information content (AvgIpc) is 2.50. The lowest BCUT2D eigenvalue weighted by molar-refractivity contribution is 0.309. The van der Waals surface area contributed by atoms with Crippen LogP contribution in [0.25, 0.3) is 11.0 Å². The Morgan fingerprint density at radius 2 is 2.19 bits per heavy atom. The van der Waals surface area contributed by atoms with Gasteiger partial charge in [-0.05, 0) is 18.6 Å². The highest BCUT2D eigenvalue weighted by molar-refractivity contribution is 5.96. The van der Waals surface area contributed by atoms with Crippen molar-refractivity contribution in [1.82, 2.24) is 0 Å². The van der Waals surface area contributed by atoms with Crippen LogP contribution in [0.15, 0.2) is 38.6 Å². The number of hydrogen-bond acceptors (Lipinski definition) is 5. The van der Waals surface area contributed by atoms with Gasteiger partial charge in [0.15, 0.2) is 17.0 Å². The number of nitrogens with two attached hydrogens (primary N) is 2. The number of amidine groups is 1. The van der Waals surface area contributed by atoms with E-state index >= 15 is 0 Å². The molecule has 0 aliphatic rings. The van der Waals surface area contributed by atoms with Gasteiger partial charge < -0.3 is 20.7 Å². The Balaban J connectivity index is 2.38. The minimum Gasteiger partial charge on any atom is -0.493 e. The zero-order valence-electron chi connectivity index (χ0n) is 12.0. The van der Waals surface area contributed by atoms with Gasteiger partial charge in [-0.1, -0.05) is 25.8 Å². The van der Waals surface area contributed by atoms with E-state index < -0.39 is 0 Å². The first kappa shape index (κ1) is 14.9. The molecule has 0 amide bonds. The number of fused-ring (bicyclic) bond motifs is 1. The molecule has 0 aliphatic heterocycles. The third-order valence-electron chi connectivity index (χ3n) is 3.11. The van der Waals surface area contributed by atoms with E-state index in [0.717, 1.165) is 19.3 Å². The molecular weight excluding hydrogens is 270 g/mol. The SMILES string of the molecule is CCCCCOc1cccc2oc(C(N)=NN)cc(=O)c12. The smallest absolute Gasteiger partial charge is 0.197 e. The zero-order valence-corrected chi connectivity index (χ0v) is 12.0. The van der Waals surface area contributed by atoms with Gasteiger partial charge in [0.05, 0.1) is 6.61 Å². The lowest BCUT2D eigenvalue weighted by atomic mass is 10.2. The van der Waals surface area contributed by atoms with Gasteiger partial charge in [-0.15, -0.1) is 0 Å². The minimum absolute atomic E-state index is 0.0248. The minimum atomic E-state index is -0.232. The van der Waals surface area contributed by atoms with E-state index in [2.05, 4.69) is 12.0 Å². The maximum absolute atomic E-state index is 12.2. The van der Waals surface area contributed by atoms with Gasteiger partial charge >= 0.3 is 0 Å². The van der Waals surface area contributed by atoms with E-state index in [1.165, 1.54) is 6.07 Å². The highest BCUT2D eigenvalue weighted by atomic mass is 16.5. The fourth-order valence-electron chi connectivity index (χ4n) is 2.02. The van der Waals surface area contributed by atoms with Crippen molar-refractivity contribution in [2.75, 3.05) is 6.61 Å². The van der Waals surface area contributed by atoms with Crippen molar-refractivity contribution in [2.45, 2.75) is 26.2 Å². The van der Waals surface area contributed by atoms with Crippen molar-refractivity contribution in [2.24, 2.45) is 16.7 Å². The third-order valence-corrected chi connectivity index (χ3v) is 3.11. The van der Waals surface area contributed by atoms with Crippen LogP contribution in [0.1, 0.15) is 31.9 Å². The van der Waals surface area contributed by atoms with Crippen LogP contribution < -0.4 is 21.7 Å². The van der Waals surface area contributed by atoms with Gasteiger partial charge in [0.25, 0.3) is 0 Å². The summed E-state index contributed by atoms with van der Waals surface area (Å²) < 4.78 is 11.2. The molecule has 6 nitrogen and oxygen atoms in total. The van der Waals surface area contributed by atoms with Crippen molar-refractivity contribution in [3.8, 4) is 5.75 Å². The molecule has 0 bridgehead atoms. The number of unbranched alkanes of at least 4 members (excludes halogenated alkanes) is 2. The van der Waals surface area contributed by atoms with E-state index in [4.69, 9.17) is 20.7 Å². The Morgan fingerprint density at radius 3 is 2.90 bits per heavy atom. The van der Waals surface area contributed by atoms with Crippen molar-refractivity contribution >= 4 is 16.8 Å². The molecule has 0 saturated carbocycles. The van der Waals surface area contributed by atoms with E-state index in [1.807, 2.05) is 0 Å². The molecule has 0 fully saturated rings. The number of hydrogen-bond donors (Lipinski definition) is 2. The number of benzene rings is 1. The summed E-state index contributed by atoms with van der Waals surface area (Å²) in [7, 11) is 0. The molecule has 1 aromatic carbocycles. The number of nitrogens with zero attached hydrogens (tertiary/aromatic N) is 1. The summed E-state index contributed by atoms with van der Waals surface area (Å²) in [6.07, 6.45) is 3.15. The van der Waals surface area contributed by atoms with Gasteiger partial charge in [0, 0.05) is 6.07 Å². The highest BCUT2D eigenvalue weighted by Crippen LogP contribution is 2.23. The second-order valence-corrected chi connectivity index (χ2v) is 4.67. The van der Waals surface area contributed by atoms with Gasteiger partial charge in [-0.3, -0.25) is 4.79 Å². The van der Waals surface area contributed by atoms with E-state index in [1.54, 1.807) is 18.2 Å². The summed E-state index contributed by atoms with van der Waals surface area (Å²) in [4.78, 5) is 12.2. The van der Waals surface area contributed by atoms with Gasteiger partial charge in [0.2, 0.25) is 0 Å². The van der Waals surface area contributed by atoms with Crippen LogP contribution in [-0.4, -0.2) is 12.4 Å². The Morgan fingerprint density at radius 1 is 1.38 bits per heavy atom. The summed E-state index contributed by atoms with van der Waals surface area (Å²) in [6, 6.07) is 6.47. The van der Waals surface area contributed by atoms with Crippen LogP contribution in [-0.2, 0) is 0 Å². The fraction of sp³-hybridized carbons (Fsp3) is 0.333. The van der Waals surface area contributed by atoms with Crippen LogP contribution in [0.4, 0.5) is 0 Å². The van der Waals surface area contributed by atoms with Crippen molar-refractivity contribution < 1.29 is 9.15 Å².